The molecule has 1 heterocycles. The molecule has 4 nitrogen and oxygen atoms in total. The van der Waals surface area contributed by atoms with E-state index in [9.17, 15) is 13.2 Å². The van der Waals surface area contributed by atoms with Crippen LogP contribution in [0.15, 0.2) is 12.1 Å². The van der Waals surface area contributed by atoms with E-state index in [0.29, 0.717) is 11.3 Å². The van der Waals surface area contributed by atoms with Crippen molar-refractivity contribution >= 4 is 17.3 Å². The average molecular weight is 306 g/mol. The zero-order valence-corrected chi connectivity index (χ0v) is 11.4. The number of benzene rings is 1. The van der Waals surface area contributed by atoms with Crippen LogP contribution in [0.25, 0.3) is 11.3 Å². The molecule has 0 atom stereocenters. The van der Waals surface area contributed by atoms with Crippen LogP contribution in [0.4, 0.5) is 18.9 Å². The number of nitrogens with two attached hydrogens (primary N) is 1. The first kappa shape index (κ1) is 14.5. The number of anilines is 1. The molecule has 0 radical (unpaired) electrons. The Morgan fingerprint density at radius 1 is 1.40 bits per heavy atom. The van der Waals surface area contributed by atoms with Gasteiger partial charge in [0.25, 0.3) is 0 Å². The van der Waals surface area contributed by atoms with E-state index in [4.69, 9.17) is 17.3 Å². The van der Waals surface area contributed by atoms with Crippen LogP contribution in [-0.4, -0.2) is 16.4 Å². The maximum atomic E-state index is 13.9. The van der Waals surface area contributed by atoms with Crippen molar-refractivity contribution in [3.8, 4) is 17.1 Å². The van der Waals surface area contributed by atoms with Crippen LogP contribution in [0.2, 0.25) is 5.02 Å². The Kier molecular flexibility index (Phi) is 3.80. The zero-order chi connectivity index (χ0) is 15.0. The molecule has 108 valence electrons. The topological polar surface area (TPSA) is 53.1 Å². The van der Waals surface area contributed by atoms with Crippen LogP contribution in [0.1, 0.15) is 5.56 Å². The van der Waals surface area contributed by atoms with Gasteiger partial charge in [0.05, 0.1) is 0 Å². The molecule has 0 aliphatic carbocycles. The number of hydrogen-bond donors (Lipinski definition) is 1. The molecular weight excluding hydrogens is 295 g/mol. The number of nitrogen functional groups attached to an aromatic ring is 1. The predicted molar refractivity (Wildman–Crippen MR) is 69.4 cm³/mol. The molecule has 0 amide bonds. The molecule has 2 aromatic rings. The summed E-state index contributed by atoms with van der Waals surface area (Å²) in [6, 6.07) is 2.58. The number of aryl methyl sites for hydroxylation is 2. The fraction of sp³-hybridized carbons (Fsp3) is 0.250. The van der Waals surface area contributed by atoms with Gasteiger partial charge in [0.2, 0.25) is 5.88 Å². The van der Waals surface area contributed by atoms with Crippen LogP contribution in [-0.2, 0) is 7.05 Å². The van der Waals surface area contributed by atoms with Crippen molar-refractivity contribution in [2.45, 2.75) is 13.5 Å². The molecule has 0 fully saturated rings. The Morgan fingerprint density at radius 3 is 2.65 bits per heavy atom. The minimum atomic E-state index is -3.05. The van der Waals surface area contributed by atoms with E-state index >= 15 is 0 Å². The molecule has 1 aromatic carbocycles. The minimum absolute atomic E-state index is 0.00554. The number of hydrogen-bond acceptors (Lipinski definition) is 3. The summed E-state index contributed by atoms with van der Waals surface area (Å²) >= 11 is 5.92. The summed E-state index contributed by atoms with van der Waals surface area (Å²) in [5, 5.41) is 3.70. The van der Waals surface area contributed by atoms with Gasteiger partial charge in [0.15, 0.2) is 0 Å². The highest BCUT2D eigenvalue weighted by Gasteiger charge is 2.22. The van der Waals surface area contributed by atoms with Crippen LogP contribution in [0.5, 0.6) is 5.88 Å². The van der Waals surface area contributed by atoms with Gasteiger partial charge in [-0.1, -0.05) is 11.6 Å². The fourth-order valence-corrected chi connectivity index (χ4v) is 2.04. The van der Waals surface area contributed by atoms with Gasteiger partial charge in [-0.15, -0.1) is 0 Å². The largest absolute Gasteiger partial charge is 0.416 e. The zero-order valence-electron chi connectivity index (χ0n) is 10.6. The fourth-order valence-electron chi connectivity index (χ4n) is 1.74. The first-order valence-electron chi connectivity index (χ1n) is 5.54. The summed E-state index contributed by atoms with van der Waals surface area (Å²) in [7, 11) is 1.36. The third-order valence-corrected chi connectivity index (χ3v) is 3.09. The van der Waals surface area contributed by atoms with Crippen molar-refractivity contribution < 1.29 is 17.9 Å². The molecule has 20 heavy (non-hydrogen) atoms. The predicted octanol–water partition coefficient (Wildman–Crippen LogP) is 3.37. The maximum Gasteiger partial charge on any atom is 0.388 e. The highest BCUT2D eigenvalue weighted by atomic mass is 35.5. The first-order valence-corrected chi connectivity index (χ1v) is 5.92. The highest BCUT2D eigenvalue weighted by molar-refractivity contribution is 6.34. The van der Waals surface area contributed by atoms with Crippen molar-refractivity contribution in [1.82, 2.24) is 9.78 Å². The van der Waals surface area contributed by atoms with E-state index in [1.807, 2.05) is 0 Å². The second-order valence-corrected chi connectivity index (χ2v) is 4.54. The number of rotatable bonds is 3. The van der Waals surface area contributed by atoms with Gasteiger partial charge in [-0.25, -0.2) is 9.07 Å². The number of aromatic nitrogens is 2. The Bertz CT molecular complexity index is 658. The normalized spacial score (nSPS) is 11.2. The van der Waals surface area contributed by atoms with Gasteiger partial charge >= 0.3 is 6.61 Å². The van der Waals surface area contributed by atoms with E-state index in [1.165, 1.54) is 19.2 Å². The first-order chi connectivity index (χ1) is 9.31. The summed E-state index contributed by atoms with van der Waals surface area (Å²) in [4.78, 5) is 0. The molecule has 0 bridgehead atoms. The van der Waals surface area contributed by atoms with E-state index in [-0.39, 0.29) is 22.2 Å². The lowest BCUT2D eigenvalue weighted by molar-refractivity contribution is -0.0552. The van der Waals surface area contributed by atoms with Crippen LogP contribution >= 0.6 is 11.6 Å². The number of halogens is 4. The SMILES string of the molecule is Cc1cc(F)c(-c2nn(C)c(OC(F)F)c2Cl)cc1N. The van der Waals surface area contributed by atoms with E-state index in [0.717, 1.165) is 4.68 Å². The van der Waals surface area contributed by atoms with Crippen molar-refractivity contribution in [2.24, 2.45) is 7.05 Å². The molecule has 2 N–H and O–H groups in total. The van der Waals surface area contributed by atoms with Crippen LogP contribution < -0.4 is 10.5 Å². The van der Waals surface area contributed by atoms with Gasteiger partial charge < -0.3 is 10.5 Å². The second-order valence-electron chi connectivity index (χ2n) is 4.16. The monoisotopic (exact) mass is 305 g/mol. The van der Waals surface area contributed by atoms with Crippen LogP contribution in [0.3, 0.4) is 0 Å². The average Bonchev–Trinajstić information content (AvgIpc) is 2.61. The Labute approximate surface area is 117 Å². The van der Waals surface area contributed by atoms with Crippen molar-refractivity contribution in [3.05, 3.63) is 28.5 Å². The number of ether oxygens (including phenoxy) is 1. The molecule has 1 aromatic heterocycles. The standard InChI is InChI=1S/C12H11ClF3N3O/c1-5-3-7(14)6(4-8(5)17)10-9(13)11(19(2)18-10)20-12(15)16/h3-4,12H,17H2,1-2H3. The molecule has 2 rings (SSSR count). The van der Waals surface area contributed by atoms with E-state index in [2.05, 4.69) is 9.84 Å². The molecule has 0 spiro atoms. The second kappa shape index (κ2) is 5.24. The molecule has 0 unspecified atom stereocenters. The number of nitrogens with zero attached hydrogens (tertiary/aromatic N) is 2. The lowest BCUT2D eigenvalue weighted by atomic mass is 10.1. The third kappa shape index (κ3) is 2.53. The number of alkyl halides is 2. The summed E-state index contributed by atoms with van der Waals surface area (Å²) in [6.45, 7) is -1.41. The van der Waals surface area contributed by atoms with Gasteiger partial charge in [0, 0.05) is 18.3 Å². The lowest BCUT2D eigenvalue weighted by Gasteiger charge is -2.05. The maximum absolute atomic E-state index is 13.9. The van der Waals surface area contributed by atoms with Crippen molar-refractivity contribution in [1.29, 1.82) is 0 Å². The summed E-state index contributed by atoms with van der Waals surface area (Å²) in [6.07, 6.45) is 0. The Balaban J connectivity index is 2.57. The van der Waals surface area contributed by atoms with E-state index < -0.39 is 12.4 Å². The van der Waals surface area contributed by atoms with Gasteiger partial charge in [0.1, 0.15) is 16.5 Å². The molecule has 0 aliphatic heterocycles. The Morgan fingerprint density at radius 2 is 2.05 bits per heavy atom. The van der Waals surface area contributed by atoms with Gasteiger partial charge in [-0.05, 0) is 24.6 Å². The van der Waals surface area contributed by atoms with Crippen molar-refractivity contribution in [3.63, 3.8) is 0 Å². The molecule has 0 saturated heterocycles. The van der Waals surface area contributed by atoms with Crippen molar-refractivity contribution in [2.75, 3.05) is 5.73 Å². The molecule has 8 heteroatoms. The summed E-state index contributed by atoms with van der Waals surface area (Å²) in [5.74, 6) is -0.935. The summed E-state index contributed by atoms with van der Waals surface area (Å²) < 4.78 is 43.8. The Hall–Kier alpha value is -1.89. The smallest absolute Gasteiger partial charge is 0.388 e. The van der Waals surface area contributed by atoms with Gasteiger partial charge in [-0.2, -0.15) is 13.9 Å². The molecular formula is C12H11ClF3N3O. The lowest BCUT2D eigenvalue weighted by Crippen LogP contribution is -2.06. The van der Waals surface area contributed by atoms with Gasteiger partial charge in [-0.3, -0.25) is 0 Å². The van der Waals surface area contributed by atoms with E-state index in [1.54, 1.807) is 6.92 Å². The third-order valence-electron chi connectivity index (χ3n) is 2.75. The highest BCUT2D eigenvalue weighted by Crippen LogP contribution is 2.37. The minimum Gasteiger partial charge on any atom is -0.416 e. The quantitative estimate of drug-likeness (QED) is 0.885. The molecule has 0 aliphatic rings. The summed E-state index contributed by atoms with van der Waals surface area (Å²) in [5.41, 5.74) is 6.63. The molecule has 0 saturated carbocycles. The van der Waals surface area contributed by atoms with Crippen LogP contribution in [0, 0.1) is 12.7 Å².